The lowest BCUT2D eigenvalue weighted by molar-refractivity contribution is 0.410. The Morgan fingerprint density at radius 3 is 2.62 bits per heavy atom. The first-order valence-electron chi connectivity index (χ1n) is 7.20. The monoisotopic (exact) mass is 367 g/mol. The Morgan fingerprint density at radius 2 is 2.05 bits per heavy atom. The lowest BCUT2D eigenvalue weighted by atomic mass is 10.0. The van der Waals surface area contributed by atoms with Gasteiger partial charge >= 0.3 is 0 Å². The zero-order valence-electron chi connectivity index (χ0n) is 13.0. The van der Waals surface area contributed by atoms with Crippen LogP contribution in [0.5, 0.6) is 5.75 Å². The summed E-state index contributed by atoms with van der Waals surface area (Å²) in [5.74, 6) is 0.947. The van der Waals surface area contributed by atoms with Gasteiger partial charge in [-0.05, 0) is 66.0 Å². The Balaban J connectivity index is 2.39. The van der Waals surface area contributed by atoms with Crippen LogP contribution in [0.15, 0.2) is 28.7 Å². The average Bonchev–Trinajstić information content (AvgIpc) is 2.80. The molecule has 0 aliphatic rings. The van der Waals surface area contributed by atoms with Crippen LogP contribution in [0.1, 0.15) is 40.3 Å². The van der Waals surface area contributed by atoms with E-state index in [0.29, 0.717) is 0 Å². The molecule has 0 spiro atoms. The summed E-state index contributed by atoms with van der Waals surface area (Å²) in [5, 5.41) is 3.65. The smallest absolute Gasteiger partial charge is 0.122 e. The second-order valence-corrected chi connectivity index (χ2v) is 7.31. The van der Waals surface area contributed by atoms with Crippen LogP contribution in [0, 0.1) is 13.8 Å². The molecule has 2 rings (SSSR count). The number of nitrogens with one attached hydrogen (secondary N) is 1. The van der Waals surface area contributed by atoms with Crippen molar-refractivity contribution in [1.82, 2.24) is 5.32 Å². The first kappa shape index (κ1) is 16.5. The Hall–Kier alpha value is -0.840. The largest absolute Gasteiger partial charge is 0.496 e. The first-order valence-corrected chi connectivity index (χ1v) is 8.81. The van der Waals surface area contributed by atoms with Gasteiger partial charge in [-0.3, -0.25) is 0 Å². The van der Waals surface area contributed by atoms with Crippen LogP contribution >= 0.6 is 27.3 Å². The van der Waals surface area contributed by atoms with E-state index >= 15 is 0 Å². The minimum atomic E-state index is 0.217. The number of aryl methyl sites for hydroxylation is 2. The summed E-state index contributed by atoms with van der Waals surface area (Å²) in [5.41, 5.74) is 2.42. The van der Waals surface area contributed by atoms with Crippen LogP contribution in [0.4, 0.5) is 0 Å². The molecule has 1 aromatic heterocycles. The summed E-state index contributed by atoms with van der Waals surface area (Å²) in [7, 11) is 1.73. The van der Waals surface area contributed by atoms with E-state index in [4.69, 9.17) is 4.74 Å². The van der Waals surface area contributed by atoms with Gasteiger partial charge in [0.15, 0.2) is 0 Å². The molecule has 0 bridgehead atoms. The Kier molecular flexibility index (Phi) is 5.85. The van der Waals surface area contributed by atoms with Crippen LogP contribution in [0.3, 0.4) is 0 Å². The van der Waals surface area contributed by atoms with Gasteiger partial charge in [0.1, 0.15) is 5.75 Å². The molecule has 0 fully saturated rings. The molecule has 1 atom stereocenters. The molecule has 1 heterocycles. The highest BCUT2D eigenvalue weighted by molar-refractivity contribution is 9.10. The molecule has 0 aliphatic heterocycles. The van der Waals surface area contributed by atoms with Gasteiger partial charge in [0.05, 0.1) is 13.2 Å². The van der Waals surface area contributed by atoms with Crippen LogP contribution in [0.2, 0.25) is 0 Å². The minimum absolute atomic E-state index is 0.217. The normalized spacial score (nSPS) is 12.4. The van der Waals surface area contributed by atoms with Crippen molar-refractivity contribution in [2.45, 2.75) is 33.2 Å². The van der Waals surface area contributed by atoms with E-state index in [9.17, 15) is 0 Å². The fraction of sp³-hybridized carbons (Fsp3) is 0.412. The van der Waals surface area contributed by atoms with Gasteiger partial charge in [-0.1, -0.05) is 19.1 Å². The van der Waals surface area contributed by atoms with Gasteiger partial charge in [-0.25, -0.2) is 0 Å². The number of ether oxygens (including phenoxy) is 1. The van der Waals surface area contributed by atoms with Crippen molar-refractivity contribution < 1.29 is 4.74 Å². The average molecular weight is 368 g/mol. The van der Waals surface area contributed by atoms with Gasteiger partial charge in [0, 0.05) is 14.2 Å². The van der Waals surface area contributed by atoms with E-state index in [1.54, 1.807) is 7.11 Å². The summed E-state index contributed by atoms with van der Waals surface area (Å²) >= 11 is 5.46. The first-order chi connectivity index (χ1) is 10.1. The van der Waals surface area contributed by atoms with Crippen LogP contribution in [-0.2, 0) is 0 Å². The van der Waals surface area contributed by atoms with Crippen molar-refractivity contribution in [3.63, 3.8) is 0 Å². The number of halogens is 1. The molecule has 21 heavy (non-hydrogen) atoms. The second-order valence-electron chi connectivity index (χ2n) is 5.17. The molecule has 114 valence electrons. The highest BCUT2D eigenvalue weighted by Gasteiger charge is 2.18. The number of thiophene rings is 1. The molecule has 0 amide bonds. The van der Waals surface area contributed by atoms with Crippen molar-refractivity contribution in [1.29, 1.82) is 0 Å². The predicted octanol–water partition coefficient (Wildman–Crippen LogP) is 5.23. The molecule has 0 radical (unpaired) electrons. The third kappa shape index (κ3) is 3.87. The number of methoxy groups -OCH3 is 1. The van der Waals surface area contributed by atoms with Crippen LogP contribution in [0.25, 0.3) is 0 Å². The maximum atomic E-state index is 5.47. The van der Waals surface area contributed by atoms with Gasteiger partial charge in [-0.15, -0.1) is 11.3 Å². The SMILES string of the molecule is CCCNC(c1ccc(C)c(OC)c1)c1cc(Br)c(C)s1. The Morgan fingerprint density at radius 1 is 1.29 bits per heavy atom. The summed E-state index contributed by atoms with van der Waals surface area (Å²) in [4.78, 5) is 2.64. The molecular formula is C17H22BrNOS. The summed E-state index contributed by atoms with van der Waals surface area (Å²) in [6.45, 7) is 7.40. The van der Waals surface area contributed by atoms with Crippen molar-refractivity contribution >= 4 is 27.3 Å². The topological polar surface area (TPSA) is 21.3 Å². The fourth-order valence-corrected chi connectivity index (χ4v) is 3.98. The zero-order valence-corrected chi connectivity index (χ0v) is 15.4. The maximum Gasteiger partial charge on any atom is 0.122 e. The van der Waals surface area contributed by atoms with Crippen molar-refractivity contribution in [3.8, 4) is 5.75 Å². The van der Waals surface area contributed by atoms with Crippen molar-refractivity contribution in [2.75, 3.05) is 13.7 Å². The molecule has 2 aromatic rings. The van der Waals surface area contributed by atoms with Crippen molar-refractivity contribution in [2.24, 2.45) is 0 Å². The summed E-state index contributed by atoms with van der Waals surface area (Å²) in [6.07, 6.45) is 1.12. The van der Waals surface area contributed by atoms with E-state index in [2.05, 4.69) is 66.3 Å². The molecule has 0 saturated carbocycles. The lowest BCUT2D eigenvalue weighted by Crippen LogP contribution is -2.22. The minimum Gasteiger partial charge on any atom is -0.496 e. The highest BCUT2D eigenvalue weighted by atomic mass is 79.9. The molecule has 4 heteroatoms. The molecule has 1 aromatic carbocycles. The van der Waals surface area contributed by atoms with E-state index in [0.717, 1.165) is 18.7 Å². The molecule has 2 nitrogen and oxygen atoms in total. The highest BCUT2D eigenvalue weighted by Crippen LogP contribution is 2.35. The van der Waals surface area contributed by atoms with Gasteiger partial charge in [-0.2, -0.15) is 0 Å². The quantitative estimate of drug-likeness (QED) is 0.754. The van der Waals surface area contributed by atoms with Gasteiger partial charge in [0.2, 0.25) is 0 Å². The number of hydrogen-bond donors (Lipinski definition) is 1. The number of benzene rings is 1. The lowest BCUT2D eigenvalue weighted by Gasteiger charge is -2.19. The summed E-state index contributed by atoms with van der Waals surface area (Å²) in [6, 6.07) is 8.90. The fourth-order valence-electron chi connectivity index (χ4n) is 2.31. The number of rotatable bonds is 6. The van der Waals surface area contributed by atoms with E-state index in [1.165, 1.54) is 25.4 Å². The van der Waals surface area contributed by atoms with E-state index in [-0.39, 0.29) is 6.04 Å². The number of hydrogen-bond acceptors (Lipinski definition) is 3. The van der Waals surface area contributed by atoms with Gasteiger partial charge < -0.3 is 10.1 Å². The second kappa shape index (κ2) is 7.43. The van der Waals surface area contributed by atoms with Crippen LogP contribution < -0.4 is 10.1 Å². The zero-order chi connectivity index (χ0) is 15.4. The Labute approximate surface area is 139 Å². The molecule has 0 aliphatic carbocycles. The van der Waals surface area contributed by atoms with Crippen molar-refractivity contribution in [3.05, 3.63) is 49.6 Å². The van der Waals surface area contributed by atoms with E-state index < -0.39 is 0 Å². The molecule has 0 saturated heterocycles. The Bertz CT molecular complexity index is 589. The molecular weight excluding hydrogens is 346 g/mol. The maximum absolute atomic E-state index is 5.47. The third-order valence-corrected chi connectivity index (χ3v) is 5.73. The van der Waals surface area contributed by atoms with Crippen LogP contribution in [-0.4, -0.2) is 13.7 Å². The predicted molar refractivity (Wildman–Crippen MR) is 94.6 cm³/mol. The standard InChI is InChI=1S/C17H22BrNOS/c1-5-8-19-17(16-10-14(18)12(3)21-16)13-7-6-11(2)15(9-13)20-4/h6-7,9-10,17,19H,5,8H2,1-4H3. The summed E-state index contributed by atoms with van der Waals surface area (Å²) < 4.78 is 6.66. The van der Waals surface area contributed by atoms with Gasteiger partial charge in [0.25, 0.3) is 0 Å². The van der Waals surface area contributed by atoms with E-state index in [1.807, 2.05) is 11.3 Å². The third-order valence-electron chi connectivity index (χ3n) is 3.52. The molecule has 1 N–H and O–H groups in total. The molecule has 1 unspecified atom stereocenters.